The molecule has 2 rings (SSSR count). The molecule has 0 radical (unpaired) electrons. The quantitative estimate of drug-likeness (QED) is 0.750. The molecular weight excluding hydrogens is 320 g/mol. The largest absolute Gasteiger partial charge is 0.468 e. The van der Waals surface area contributed by atoms with Gasteiger partial charge in [0.2, 0.25) is 10.0 Å². The number of amides is 1. The molecule has 0 unspecified atom stereocenters. The van der Waals surface area contributed by atoms with Crippen LogP contribution in [0.1, 0.15) is 28.6 Å². The smallest absolute Gasteiger partial charge is 0.275 e. The minimum absolute atomic E-state index is 0.00342. The summed E-state index contributed by atoms with van der Waals surface area (Å²) in [6.07, 6.45) is 1.46. The molecule has 0 aliphatic heterocycles. The zero-order chi connectivity index (χ0) is 16.9. The first kappa shape index (κ1) is 17.2. The summed E-state index contributed by atoms with van der Waals surface area (Å²) in [7, 11) is -3.76. The summed E-state index contributed by atoms with van der Waals surface area (Å²) < 4.78 is 32.1. The number of benzene rings is 1. The number of rotatable bonds is 7. The van der Waals surface area contributed by atoms with Gasteiger partial charge >= 0.3 is 0 Å². The number of nitrogens with one attached hydrogen (secondary N) is 2. The van der Waals surface area contributed by atoms with Crippen LogP contribution in [0.4, 0.5) is 0 Å². The summed E-state index contributed by atoms with van der Waals surface area (Å²) in [6, 6.07) is 7.66. The highest BCUT2D eigenvalue weighted by Gasteiger charge is 2.18. The molecule has 23 heavy (non-hydrogen) atoms. The first-order valence-corrected chi connectivity index (χ1v) is 8.47. The van der Waals surface area contributed by atoms with Crippen molar-refractivity contribution in [2.75, 3.05) is 6.61 Å². The third-order valence-corrected chi connectivity index (χ3v) is 4.49. The molecule has 2 aromatic rings. The summed E-state index contributed by atoms with van der Waals surface area (Å²) in [4.78, 5) is 16.8. The molecule has 124 valence electrons. The van der Waals surface area contributed by atoms with Gasteiger partial charge in [-0.3, -0.25) is 9.63 Å². The Morgan fingerprint density at radius 3 is 2.74 bits per heavy atom. The van der Waals surface area contributed by atoms with Gasteiger partial charge < -0.3 is 4.42 Å². The molecule has 0 fully saturated rings. The molecule has 1 heterocycles. The van der Waals surface area contributed by atoms with Crippen molar-refractivity contribution in [2.24, 2.45) is 0 Å². The fraction of sp³-hybridized carbons (Fsp3) is 0.267. The lowest BCUT2D eigenvalue weighted by Gasteiger charge is -2.10. The Hall–Kier alpha value is -2.16. The van der Waals surface area contributed by atoms with Gasteiger partial charge in [-0.25, -0.2) is 18.6 Å². The van der Waals surface area contributed by atoms with Crippen molar-refractivity contribution in [3.63, 3.8) is 0 Å². The molecule has 8 heteroatoms. The standard InChI is InChI=1S/C15H18N2O5S/c1-3-22-17-15(18)14-9-13(7-6-11(14)2)23(19,20)16-10-12-5-4-8-21-12/h4-9,16H,3,10H2,1-2H3,(H,17,18). The molecule has 0 aliphatic carbocycles. The zero-order valence-corrected chi connectivity index (χ0v) is 13.6. The second-order valence-electron chi connectivity index (χ2n) is 4.74. The van der Waals surface area contributed by atoms with E-state index in [1.54, 1.807) is 32.0 Å². The predicted octanol–water partition coefficient (Wildman–Crippen LogP) is 1.75. The van der Waals surface area contributed by atoms with Crippen LogP contribution >= 0.6 is 0 Å². The van der Waals surface area contributed by atoms with E-state index in [-0.39, 0.29) is 17.0 Å². The molecule has 0 atom stereocenters. The summed E-state index contributed by atoms with van der Waals surface area (Å²) in [5.74, 6) is 0.00225. The Morgan fingerprint density at radius 2 is 2.09 bits per heavy atom. The molecule has 0 saturated carbocycles. The highest BCUT2D eigenvalue weighted by atomic mass is 32.2. The third-order valence-electron chi connectivity index (χ3n) is 3.09. The van der Waals surface area contributed by atoms with E-state index in [4.69, 9.17) is 9.25 Å². The highest BCUT2D eigenvalue weighted by molar-refractivity contribution is 7.89. The van der Waals surface area contributed by atoms with Crippen LogP contribution in [-0.4, -0.2) is 20.9 Å². The van der Waals surface area contributed by atoms with E-state index in [0.29, 0.717) is 17.9 Å². The van der Waals surface area contributed by atoms with Gasteiger partial charge in [0.15, 0.2) is 0 Å². The van der Waals surface area contributed by atoms with Gasteiger partial charge in [0.25, 0.3) is 5.91 Å². The Kier molecular flexibility index (Phi) is 5.54. The van der Waals surface area contributed by atoms with Gasteiger partial charge in [-0.05, 0) is 43.7 Å². The van der Waals surface area contributed by atoms with Gasteiger partial charge in [0.05, 0.1) is 24.3 Å². The first-order chi connectivity index (χ1) is 10.9. The van der Waals surface area contributed by atoms with E-state index < -0.39 is 15.9 Å². The van der Waals surface area contributed by atoms with Crippen molar-refractivity contribution in [1.82, 2.24) is 10.2 Å². The third kappa shape index (κ3) is 4.41. The van der Waals surface area contributed by atoms with Crippen LogP contribution in [0.5, 0.6) is 0 Å². The lowest BCUT2D eigenvalue weighted by molar-refractivity contribution is 0.0364. The lowest BCUT2D eigenvalue weighted by Crippen LogP contribution is -2.26. The second kappa shape index (κ2) is 7.40. The molecule has 1 amide bonds. The van der Waals surface area contributed by atoms with E-state index in [2.05, 4.69) is 10.2 Å². The van der Waals surface area contributed by atoms with Crippen LogP contribution in [0.3, 0.4) is 0 Å². The van der Waals surface area contributed by atoms with Crippen LogP contribution in [0, 0.1) is 6.92 Å². The maximum absolute atomic E-state index is 12.3. The average Bonchev–Trinajstić information content (AvgIpc) is 3.04. The van der Waals surface area contributed by atoms with E-state index in [1.165, 1.54) is 18.4 Å². The van der Waals surface area contributed by atoms with Crippen LogP contribution in [0.2, 0.25) is 0 Å². The van der Waals surface area contributed by atoms with Crippen LogP contribution in [0.25, 0.3) is 0 Å². The van der Waals surface area contributed by atoms with Gasteiger partial charge in [-0.2, -0.15) is 0 Å². The van der Waals surface area contributed by atoms with E-state index in [9.17, 15) is 13.2 Å². The van der Waals surface area contributed by atoms with Crippen molar-refractivity contribution >= 4 is 15.9 Å². The van der Waals surface area contributed by atoms with Crippen molar-refractivity contribution in [2.45, 2.75) is 25.3 Å². The highest BCUT2D eigenvalue weighted by Crippen LogP contribution is 2.16. The molecule has 0 aliphatic rings. The van der Waals surface area contributed by atoms with Gasteiger partial charge in [0.1, 0.15) is 5.76 Å². The average molecular weight is 338 g/mol. The van der Waals surface area contributed by atoms with E-state index in [1.807, 2.05) is 0 Å². The number of hydrogen-bond donors (Lipinski definition) is 2. The Balaban J connectivity index is 2.19. The molecule has 0 bridgehead atoms. The summed E-state index contributed by atoms with van der Waals surface area (Å²) in [6.45, 7) is 3.79. The van der Waals surface area contributed by atoms with Crippen molar-refractivity contribution in [1.29, 1.82) is 0 Å². The number of sulfonamides is 1. The van der Waals surface area contributed by atoms with Gasteiger partial charge in [-0.1, -0.05) is 6.07 Å². The topological polar surface area (TPSA) is 97.6 Å². The summed E-state index contributed by atoms with van der Waals surface area (Å²) >= 11 is 0. The number of furan rings is 1. The SMILES string of the molecule is CCONC(=O)c1cc(S(=O)(=O)NCc2ccco2)ccc1C. The van der Waals surface area contributed by atoms with E-state index >= 15 is 0 Å². The number of carbonyl (C=O) groups excluding carboxylic acids is 1. The maximum Gasteiger partial charge on any atom is 0.275 e. The lowest BCUT2D eigenvalue weighted by atomic mass is 10.1. The Labute approximate surface area is 134 Å². The number of hydroxylamine groups is 1. The molecule has 1 aromatic carbocycles. The van der Waals surface area contributed by atoms with Crippen molar-refractivity contribution in [3.05, 3.63) is 53.5 Å². The van der Waals surface area contributed by atoms with Crippen LogP contribution in [0.15, 0.2) is 45.9 Å². The molecule has 1 aromatic heterocycles. The number of hydrogen-bond acceptors (Lipinski definition) is 5. The molecule has 2 N–H and O–H groups in total. The summed E-state index contributed by atoms with van der Waals surface area (Å²) in [5, 5.41) is 0. The van der Waals surface area contributed by atoms with Gasteiger partial charge in [-0.15, -0.1) is 0 Å². The molecule has 7 nitrogen and oxygen atoms in total. The first-order valence-electron chi connectivity index (χ1n) is 6.99. The molecule has 0 saturated heterocycles. The van der Waals surface area contributed by atoms with Crippen molar-refractivity contribution in [3.8, 4) is 0 Å². The predicted molar refractivity (Wildman–Crippen MR) is 83.0 cm³/mol. The van der Waals surface area contributed by atoms with Crippen LogP contribution < -0.4 is 10.2 Å². The zero-order valence-electron chi connectivity index (χ0n) is 12.8. The van der Waals surface area contributed by atoms with Crippen molar-refractivity contribution < 1.29 is 22.5 Å². The number of carbonyl (C=O) groups is 1. The Morgan fingerprint density at radius 1 is 1.30 bits per heavy atom. The maximum atomic E-state index is 12.3. The molecular formula is C15H18N2O5S. The Bertz CT molecular complexity index is 769. The summed E-state index contributed by atoms with van der Waals surface area (Å²) in [5.41, 5.74) is 3.13. The fourth-order valence-corrected chi connectivity index (χ4v) is 2.89. The monoisotopic (exact) mass is 338 g/mol. The van der Waals surface area contributed by atoms with Gasteiger partial charge in [0, 0.05) is 5.56 Å². The van der Waals surface area contributed by atoms with Crippen LogP contribution in [-0.2, 0) is 21.4 Å². The fourth-order valence-electron chi connectivity index (χ4n) is 1.87. The normalized spacial score (nSPS) is 11.4. The second-order valence-corrected chi connectivity index (χ2v) is 6.51. The molecule has 0 spiro atoms. The van der Waals surface area contributed by atoms with E-state index in [0.717, 1.165) is 0 Å². The minimum Gasteiger partial charge on any atom is -0.468 e. The minimum atomic E-state index is -3.76. The number of aryl methyl sites for hydroxylation is 1.